The van der Waals surface area contributed by atoms with Crippen molar-refractivity contribution in [3.8, 4) is 17.2 Å². The molecule has 0 fully saturated rings. The number of nitrogens with one attached hydrogen (secondary N) is 2. The van der Waals surface area contributed by atoms with Crippen molar-refractivity contribution >= 4 is 21.6 Å². The van der Waals surface area contributed by atoms with Gasteiger partial charge in [0.2, 0.25) is 0 Å². The monoisotopic (exact) mass is 474 g/mol. The second-order valence-electron chi connectivity index (χ2n) is 6.79. The summed E-state index contributed by atoms with van der Waals surface area (Å²) >= 11 is 0. The molecular weight excluding hydrogens is 451 g/mol. The highest BCUT2D eigenvalue weighted by Gasteiger charge is 2.15. The molecular formula is C23H23FN2O6S. The van der Waals surface area contributed by atoms with Crippen molar-refractivity contribution in [3.05, 3.63) is 78.1 Å². The van der Waals surface area contributed by atoms with E-state index in [-0.39, 0.29) is 29.6 Å². The fourth-order valence-electron chi connectivity index (χ4n) is 2.94. The molecule has 33 heavy (non-hydrogen) atoms. The molecule has 0 aliphatic carbocycles. The lowest BCUT2D eigenvalue weighted by molar-refractivity contribution is -0.123. The molecule has 2 N–H and O–H groups in total. The topological polar surface area (TPSA) is 103 Å². The molecule has 0 aromatic heterocycles. The number of carbonyl (C=O) groups excluding carboxylic acids is 1. The quantitative estimate of drug-likeness (QED) is 0.467. The fraction of sp³-hybridized carbons (Fsp3) is 0.174. The first-order valence-electron chi connectivity index (χ1n) is 9.80. The number of benzene rings is 3. The smallest absolute Gasteiger partial charge is 0.261 e. The van der Waals surface area contributed by atoms with Gasteiger partial charge in [0.25, 0.3) is 15.9 Å². The summed E-state index contributed by atoms with van der Waals surface area (Å²) in [6, 6.07) is 15.8. The van der Waals surface area contributed by atoms with Crippen LogP contribution in [0.15, 0.2) is 71.6 Å². The maximum atomic E-state index is 13.0. The van der Waals surface area contributed by atoms with E-state index >= 15 is 0 Å². The number of rotatable bonds is 10. The molecule has 3 aromatic rings. The zero-order valence-electron chi connectivity index (χ0n) is 18.0. The van der Waals surface area contributed by atoms with E-state index in [0.29, 0.717) is 22.8 Å². The SMILES string of the molecule is COc1cccc(OC)c1CNC(=O)COc1ccc(S(=O)(=O)Nc2ccc(F)cc2)cc1. The van der Waals surface area contributed by atoms with Crippen molar-refractivity contribution in [1.82, 2.24) is 5.32 Å². The van der Waals surface area contributed by atoms with Gasteiger partial charge in [0, 0.05) is 5.69 Å². The molecule has 1 amide bonds. The van der Waals surface area contributed by atoms with Crippen molar-refractivity contribution in [3.63, 3.8) is 0 Å². The normalized spacial score (nSPS) is 10.9. The van der Waals surface area contributed by atoms with Gasteiger partial charge in [0.15, 0.2) is 6.61 Å². The van der Waals surface area contributed by atoms with E-state index in [1.807, 2.05) is 0 Å². The largest absolute Gasteiger partial charge is 0.496 e. The Morgan fingerprint density at radius 3 is 2.09 bits per heavy atom. The second kappa shape index (κ2) is 10.7. The van der Waals surface area contributed by atoms with Gasteiger partial charge < -0.3 is 19.5 Å². The zero-order valence-corrected chi connectivity index (χ0v) is 18.8. The van der Waals surface area contributed by atoms with Crippen LogP contribution in [0.4, 0.5) is 10.1 Å². The molecule has 0 atom stereocenters. The molecule has 10 heteroatoms. The summed E-state index contributed by atoms with van der Waals surface area (Å²) in [7, 11) is -0.798. The zero-order chi connectivity index (χ0) is 23.8. The maximum absolute atomic E-state index is 13.0. The first-order valence-corrected chi connectivity index (χ1v) is 11.3. The molecule has 0 heterocycles. The van der Waals surface area contributed by atoms with E-state index < -0.39 is 15.8 Å². The van der Waals surface area contributed by atoms with E-state index in [1.54, 1.807) is 18.2 Å². The lowest BCUT2D eigenvalue weighted by Crippen LogP contribution is -2.28. The Morgan fingerprint density at radius 1 is 0.909 bits per heavy atom. The first-order chi connectivity index (χ1) is 15.8. The number of anilines is 1. The van der Waals surface area contributed by atoms with Crippen molar-refractivity contribution in [2.24, 2.45) is 0 Å². The predicted octanol–water partition coefficient (Wildman–Crippen LogP) is 3.34. The van der Waals surface area contributed by atoms with Gasteiger partial charge in [-0.15, -0.1) is 0 Å². The van der Waals surface area contributed by atoms with Crippen LogP contribution in [0, 0.1) is 5.82 Å². The van der Waals surface area contributed by atoms with Gasteiger partial charge in [-0.05, 0) is 60.7 Å². The number of halogens is 1. The third-order valence-electron chi connectivity index (χ3n) is 4.59. The minimum Gasteiger partial charge on any atom is -0.496 e. The minimum atomic E-state index is -3.86. The average molecular weight is 475 g/mol. The summed E-state index contributed by atoms with van der Waals surface area (Å²) in [5, 5.41) is 2.73. The molecule has 0 aliphatic heterocycles. The minimum absolute atomic E-state index is 0.00751. The van der Waals surface area contributed by atoms with Crippen molar-refractivity contribution < 1.29 is 31.8 Å². The molecule has 0 radical (unpaired) electrons. The molecule has 0 spiro atoms. The standard InChI is InChI=1S/C23H23FN2O6S/c1-30-21-4-3-5-22(31-2)20(21)14-25-23(27)15-32-18-10-12-19(13-11-18)33(28,29)26-17-8-6-16(24)7-9-17/h3-13,26H,14-15H2,1-2H3,(H,25,27). The number of hydrogen-bond acceptors (Lipinski definition) is 6. The number of methoxy groups -OCH3 is 2. The van der Waals surface area contributed by atoms with E-state index in [9.17, 15) is 17.6 Å². The van der Waals surface area contributed by atoms with E-state index in [0.717, 1.165) is 12.1 Å². The Bertz CT molecular complexity index is 1180. The van der Waals surface area contributed by atoms with Gasteiger partial charge in [-0.2, -0.15) is 0 Å². The van der Waals surface area contributed by atoms with E-state index in [1.165, 1.54) is 50.6 Å². The molecule has 8 nitrogen and oxygen atoms in total. The number of carbonyl (C=O) groups is 1. The highest BCUT2D eigenvalue weighted by atomic mass is 32.2. The first kappa shape index (κ1) is 23.9. The Kier molecular flexibility index (Phi) is 7.73. The lowest BCUT2D eigenvalue weighted by atomic mass is 10.1. The van der Waals surface area contributed by atoms with Crippen LogP contribution in [0.3, 0.4) is 0 Å². The Labute approximate surface area is 191 Å². The molecule has 0 unspecified atom stereocenters. The van der Waals surface area contributed by atoms with Gasteiger partial charge in [0.05, 0.1) is 31.2 Å². The maximum Gasteiger partial charge on any atom is 0.261 e. The summed E-state index contributed by atoms with van der Waals surface area (Å²) in [5.74, 6) is 0.646. The highest BCUT2D eigenvalue weighted by molar-refractivity contribution is 7.92. The summed E-state index contributed by atoms with van der Waals surface area (Å²) < 4.78 is 56.3. The molecule has 174 valence electrons. The van der Waals surface area contributed by atoms with Gasteiger partial charge in [-0.3, -0.25) is 9.52 Å². The Balaban J connectivity index is 1.55. The number of hydrogen-bond donors (Lipinski definition) is 2. The van der Waals surface area contributed by atoms with Gasteiger partial charge in [-0.1, -0.05) is 6.07 Å². The average Bonchev–Trinajstić information content (AvgIpc) is 2.82. The third kappa shape index (κ3) is 6.36. The highest BCUT2D eigenvalue weighted by Crippen LogP contribution is 2.28. The van der Waals surface area contributed by atoms with Crippen LogP contribution >= 0.6 is 0 Å². The van der Waals surface area contributed by atoms with Crippen molar-refractivity contribution in [2.45, 2.75) is 11.4 Å². The summed E-state index contributed by atoms with van der Waals surface area (Å²) in [5.41, 5.74) is 0.930. The Hall–Kier alpha value is -3.79. The molecule has 3 rings (SSSR count). The van der Waals surface area contributed by atoms with Crippen LogP contribution in [0.1, 0.15) is 5.56 Å². The van der Waals surface area contributed by atoms with Gasteiger partial charge in [-0.25, -0.2) is 12.8 Å². The summed E-state index contributed by atoms with van der Waals surface area (Å²) in [4.78, 5) is 12.2. The predicted molar refractivity (Wildman–Crippen MR) is 121 cm³/mol. The third-order valence-corrected chi connectivity index (χ3v) is 5.99. The molecule has 0 saturated heterocycles. The van der Waals surface area contributed by atoms with Crippen molar-refractivity contribution in [2.75, 3.05) is 25.5 Å². The number of amides is 1. The van der Waals surface area contributed by atoms with Crippen LogP contribution in [0.2, 0.25) is 0 Å². The molecule has 0 saturated carbocycles. The second-order valence-corrected chi connectivity index (χ2v) is 8.47. The van der Waals surface area contributed by atoms with Gasteiger partial charge in [0.1, 0.15) is 23.1 Å². The van der Waals surface area contributed by atoms with E-state index in [4.69, 9.17) is 14.2 Å². The Morgan fingerprint density at radius 2 is 1.52 bits per heavy atom. The van der Waals surface area contributed by atoms with Crippen LogP contribution in [-0.2, 0) is 21.4 Å². The van der Waals surface area contributed by atoms with Gasteiger partial charge >= 0.3 is 0 Å². The van der Waals surface area contributed by atoms with Crippen LogP contribution in [0.25, 0.3) is 0 Å². The van der Waals surface area contributed by atoms with Crippen LogP contribution in [0.5, 0.6) is 17.2 Å². The van der Waals surface area contributed by atoms with E-state index in [2.05, 4.69) is 10.0 Å². The number of sulfonamides is 1. The van der Waals surface area contributed by atoms with Crippen LogP contribution in [-0.4, -0.2) is 35.2 Å². The van der Waals surface area contributed by atoms with Crippen LogP contribution < -0.4 is 24.2 Å². The number of ether oxygens (including phenoxy) is 3. The summed E-state index contributed by atoms with van der Waals surface area (Å²) in [6.07, 6.45) is 0. The fourth-order valence-corrected chi connectivity index (χ4v) is 3.99. The molecule has 0 aliphatic rings. The lowest BCUT2D eigenvalue weighted by Gasteiger charge is -2.14. The summed E-state index contributed by atoms with van der Waals surface area (Å²) in [6.45, 7) is -0.0843. The van der Waals surface area contributed by atoms with Crippen molar-refractivity contribution in [1.29, 1.82) is 0 Å². The molecule has 0 bridgehead atoms. The molecule has 3 aromatic carbocycles.